The van der Waals surface area contributed by atoms with Crippen molar-refractivity contribution in [2.75, 3.05) is 0 Å². The number of amidine groups is 1. The van der Waals surface area contributed by atoms with Gasteiger partial charge in [-0.05, 0) is 23.8 Å². The highest BCUT2D eigenvalue weighted by atomic mass is 16.6. The molecule has 0 radical (unpaired) electrons. The van der Waals surface area contributed by atoms with Crippen LogP contribution in [0.2, 0.25) is 0 Å². The number of amides is 1. The van der Waals surface area contributed by atoms with Gasteiger partial charge in [-0.2, -0.15) is 5.10 Å². The summed E-state index contributed by atoms with van der Waals surface area (Å²) in [6.07, 6.45) is 2.23. The zero-order valence-corrected chi connectivity index (χ0v) is 13.1. The smallest absolute Gasteiger partial charge is 0.271 e. The number of para-hydroxylation sites is 1. The molecule has 2 aromatic carbocycles. The number of hydrogen-bond donors (Lipinski definition) is 3. The van der Waals surface area contributed by atoms with Gasteiger partial charge < -0.3 is 10.7 Å². The Hall–Kier alpha value is -3.68. The van der Waals surface area contributed by atoms with Crippen LogP contribution in [-0.2, 0) is 6.42 Å². The summed E-state index contributed by atoms with van der Waals surface area (Å²) in [5.74, 6) is -0.239. The van der Waals surface area contributed by atoms with E-state index in [4.69, 9.17) is 5.73 Å². The molecular formula is C17H15N5O3. The van der Waals surface area contributed by atoms with Crippen molar-refractivity contribution < 1.29 is 9.72 Å². The first-order chi connectivity index (χ1) is 12.0. The fourth-order valence-electron chi connectivity index (χ4n) is 2.43. The molecule has 0 fully saturated rings. The molecule has 0 unspecified atom stereocenters. The van der Waals surface area contributed by atoms with Gasteiger partial charge in [-0.3, -0.25) is 14.9 Å². The second-order valence-corrected chi connectivity index (χ2v) is 5.38. The molecule has 0 atom stereocenters. The zero-order chi connectivity index (χ0) is 17.8. The van der Waals surface area contributed by atoms with Gasteiger partial charge in [0.15, 0.2) is 0 Å². The fourth-order valence-corrected chi connectivity index (χ4v) is 2.43. The minimum Gasteiger partial charge on any atom is -0.385 e. The van der Waals surface area contributed by atoms with E-state index in [2.05, 4.69) is 15.5 Å². The van der Waals surface area contributed by atoms with Crippen molar-refractivity contribution in [3.05, 3.63) is 76.0 Å². The number of nitrogens with zero attached hydrogens (tertiary/aromatic N) is 2. The van der Waals surface area contributed by atoms with Crippen molar-refractivity contribution in [3.8, 4) is 0 Å². The molecule has 0 aliphatic rings. The van der Waals surface area contributed by atoms with Crippen LogP contribution in [0.3, 0.4) is 0 Å². The van der Waals surface area contributed by atoms with Gasteiger partial charge >= 0.3 is 0 Å². The number of carbonyl (C=O) groups is 1. The van der Waals surface area contributed by atoms with Crippen molar-refractivity contribution >= 4 is 28.3 Å². The molecule has 4 N–H and O–H groups in total. The van der Waals surface area contributed by atoms with Gasteiger partial charge in [0.2, 0.25) is 0 Å². The Kier molecular flexibility index (Phi) is 4.42. The number of carbonyl (C=O) groups excluding carboxylic acids is 1. The van der Waals surface area contributed by atoms with Gasteiger partial charge in [-0.15, -0.1) is 0 Å². The van der Waals surface area contributed by atoms with Crippen molar-refractivity contribution in [1.82, 2.24) is 10.4 Å². The number of H-pyrrole nitrogens is 1. The number of benzene rings is 2. The number of nitro groups is 1. The molecule has 25 heavy (non-hydrogen) atoms. The number of rotatable bonds is 5. The lowest BCUT2D eigenvalue weighted by Gasteiger charge is -2.03. The van der Waals surface area contributed by atoms with Crippen LogP contribution in [0.15, 0.2) is 59.8 Å². The Balaban J connectivity index is 1.66. The van der Waals surface area contributed by atoms with E-state index in [0.717, 1.165) is 16.5 Å². The van der Waals surface area contributed by atoms with Crippen LogP contribution in [0, 0.1) is 10.1 Å². The third-order valence-corrected chi connectivity index (χ3v) is 3.69. The van der Waals surface area contributed by atoms with Crippen molar-refractivity contribution in [2.45, 2.75) is 6.42 Å². The van der Waals surface area contributed by atoms with E-state index in [9.17, 15) is 14.9 Å². The number of aromatic amines is 1. The van der Waals surface area contributed by atoms with E-state index < -0.39 is 10.8 Å². The Bertz CT molecular complexity index is 960. The molecule has 8 nitrogen and oxygen atoms in total. The molecule has 3 aromatic rings. The first-order valence-corrected chi connectivity index (χ1v) is 7.46. The highest BCUT2D eigenvalue weighted by Crippen LogP contribution is 2.18. The van der Waals surface area contributed by atoms with Gasteiger partial charge in [0.25, 0.3) is 11.6 Å². The van der Waals surface area contributed by atoms with E-state index in [1.165, 1.54) is 24.3 Å². The molecule has 8 heteroatoms. The van der Waals surface area contributed by atoms with Gasteiger partial charge in [0.05, 0.1) is 4.92 Å². The SMILES string of the molecule is NC(Cc1c[nH]c2ccccc12)=NNC(=O)c1ccc([N+](=O)[O-])cc1. The zero-order valence-electron chi connectivity index (χ0n) is 13.1. The third-order valence-electron chi connectivity index (χ3n) is 3.69. The highest BCUT2D eigenvalue weighted by molar-refractivity contribution is 5.96. The number of aromatic nitrogens is 1. The lowest BCUT2D eigenvalue weighted by molar-refractivity contribution is -0.384. The summed E-state index contributed by atoms with van der Waals surface area (Å²) in [4.78, 5) is 25.2. The average molecular weight is 337 g/mol. The van der Waals surface area contributed by atoms with E-state index in [-0.39, 0.29) is 17.1 Å². The molecule has 0 saturated carbocycles. The van der Waals surface area contributed by atoms with Crippen LogP contribution < -0.4 is 11.2 Å². The maximum atomic E-state index is 12.0. The fraction of sp³-hybridized carbons (Fsp3) is 0.0588. The molecule has 0 saturated heterocycles. The molecule has 0 aliphatic carbocycles. The number of hydrogen-bond acceptors (Lipinski definition) is 4. The van der Waals surface area contributed by atoms with Gasteiger partial charge in [0, 0.05) is 41.2 Å². The standard InChI is InChI=1S/C17H15N5O3/c18-16(9-12-10-19-15-4-2-1-3-14(12)15)20-21-17(23)11-5-7-13(8-6-11)22(24)25/h1-8,10,19H,9H2,(H2,18,20)(H,21,23). The quantitative estimate of drug-likeness (QED) is 0.286. The van der Waals surface area contributed by atoms with Crippen molar-refractivity contribution in [2.24, 2.45) is 10.8 Å². The predicted octanol–water partition coefficient (Wildman–Crippen LogP) is 2.32. The molecule has 0 bridgehead atoms. The van der Waals surface area contributed by atoms with Crippen molar-refractivity contribution in [3.63, 3.8) is 0 Å². The van der Waals surface area contributed by atoms with Crippen molar-refractivity contribution in [1.29, 1.82) is 0 Å². The lowest BCUT2D eigenvalue weighted by atomic mass is 10.1. The maximum absolute atomic E-state index is 12.0. The molecule has 3 rings (SSSR count). The second-order valence-electron chi connectivity index (χ2n) is 5.38. The van der Waals surface area contributed by atoms with Crippen LogP contribution >= 0.6 is 0 Å². The molecule has 126 valence electrons. The van der Waals surface area contributed by atoms with Crippen LogP contribution in [0.1, 0.15) is 15.9 Å². The van der Waals surface area contributed by atoms with E-state index >= 15 is 0 Å². The predicted molar refractivity (Wildman–Crippen MR) is 94.2 cm³/mol. The number of fused-ring (bicyclic) bond motifs is 1. The summed E-state index contributed by atoms with van der Waals surface area (Å²) >= 11 is 0. The largest absolute Gasteiger partial charge is 0.385 e. The second kappa shape index (κ2) is 6.83. The van der Waals surface area contributed by atoms with Gasteiger partial charge in [-0.1, -0.05) is 18.2 Å². The number of nitro benzene ring substituents is 1. The first kappa shape index (κ1) is 16.2. The first-order valence-electron chi connectivity index (χ1n) is 7.46. The molecular weight excluding hydrogens is 322 g/mol. The summed E-state index contributed by atoms with van der Waals surface area (Å²) in [7, 11) is 0. The summed E-state index contributed by atoms with van der Waals surface area (Å²) in [5, 5.41) is 15.5. The van der Waals surface area contributed by atoms with Crippen LogP contribution in [0.4, 0.5) is 5.69 Å². The third kappa shape index (κ3) is 3.63. The number of non-ortho nitro benzene ring substituents is 1. The summed E-state index contributed by atoms with van der Waals surface area (Å²) < 4.78 is 0. The minimum absolute atomic E-state index is 0.0844. The Labute approximate surface area is 142 Å². The maximum Gasteiger partial charge on any atom is 0.271 e. The Morgan fingerprint density at radius 3 is 2.64 bits per heavy atom. The van der Waals surface area contributed by atoms with Crippen LogP contribution in [0.5, 0.6) is 0 Å². The molecule has 1 aromatic heterocycles. The minimum atomic E-state index is -0.529. The highest BCUT2D eigenvalue weighted by Gasteiger charge is 2.09. The summed E-state index contributed by atoms with van der Waals surface area (Å²) in [6.45, 7) is 0. The Morgan fingerprint density at radius 1 is 1.20 bits per heavy atom. The lowest BCUT2D eigenvalue weighted by Crippen LogP contribution is -2.24. The Morgan fingerprint density at radius 2 is 1.92 bits per heavy atom. The molecule has 1 heterocycles. The van der Waals surface area contributed by atoms with E-state index in [1.54, 1.807) is 0 Å². The number of nitrogens with two attached hydrogens (primary N) is 1. The average Bonchev–Trinajstić information content (AvgIpc) is 3.03. The van der Waals surface area contributed by atoms with Gasteiger partial charge in [0.1, 0.15) is 5.84 Å². The normalized spacial score (nSPS) is 11.4. The summed E-state index contributed by atoms with van der Waals surface area (Å²) in [5.41, 5.74) is 10.4. The number of hydrazone groups is 1. The van der Waals surface area contributed by atoms with Crippen LogP contribution in [0.25, 0.3) is 10.9 Å². The van der Waals surface area contributed by atoms with E-state index in [1.807, 2.05) is 30.5 Å². The van der Waals surface area contributed by atoms with E-state index in [0.29, 0.717) is 6.42 Å². The number of nitrogens with one attached hydrogen (secondary N) is 2. The molecule has 0 aliphatic heterocycles. The topological polar surface area (TPSA) is 126 Å². The van der Waals surface area contributed by atoms with Crippen LogP contribution in [-0.4, -0.2) is 21.7 Å². The summed E-state index contributed by atoms with van der Waals surface area (Å²) in [6, 6.07) is 13.0. The monoisotopic (exact) mass is 337 g/mol. The molecule has 0 spiro atoms. The molecule has 1 amide bonds. The van der Waals surface area contributed by atoms with Gasteiger partial charge in [-0.25, -0.2) is 5.43 Å².